The van der Waals surface area contributed by atoms with Gasteiger partial charge in [-0.25, -0.2) is 0 Å². The Balaban J connectivity index is 2.29. The van der Waals surface area contributed by atoms with Gasteiger partial charge in [0.15, 0.2) is 0 Å². The Kier molecular flexibility index (Phi) is 3.67. The molecule has 2 aromatic carbocycles. The highest BCUT2D eigenvalue weighted by Gasteiger charge is 2.52. The number of carbonyl (C=O) groups excluding carboxylic acids is 2. The molecule has 1 aliphatic rings. The molecule has 0 saturated carbocycles. The van der Waals surface area contributed by atoms with Crippen molar-refractivity contribution in [3.8, 4) is 0 Å². The van der Waals surface area contributed by atoms with Gasteiger partial charge in [0.1, 0.15) is 5.41 Å². The Morgan fingerprint density at radius 1 is 1.00 bits per heavy atom. The normalized spacial score (nSPS) is 18.0. The molecule has 0 bridgehead atoms. The van der Waals surface area contributed by atoms with Crippen LogP contribution in [0.1, 0.15) is 17.5 Å². The van der Waals surface area contributed by atoms with Crippen molar-refractivity contribution in [3.05, 3.63) is 71.8 Å². The third kappa shape index (κ3) is 2.08. The first-order valence-electron chi connectivity index (χ1n) is 7.36. The largest absolute Gasteiger partial charge is 0.369 e. The SMILES string of the molecule is NC(=O)C(c1ccccc1)(c1ccccc1)C1CCNC1=O. The highest BCUT2D eigenvalue weighted by atomic mass is 16.2. The van der Waals surface area contributed by atoms with Crippen LogP contribution in [0, 0.1) is 5.92 Å². The Morgan fingerprint density at radius 2 is 1.50 bits per heavy atom. The number of hydrogen-bond acceptors (Lipinski definition) is 2. The monoisotopic (exact) mass is 294 g/mol. The topological polar surface area (TPSA) is 72.2 Å². The molecular weight excluding hydrogens is 276 g/mol. The van der Waals surface area contributed by atoms with Gasteiger partial charge >= 0.3 is 0 Å². The van der Waals surface area contributed by atoms with Crippen LogP contribution in [0.4, 0.5) is 0 Å². The second kappa shape index (κ2) is 5.64. The van der Waals surface area contributed by atoms with E-state index in [1.807, 2.05) is 60.7 Å². The highest BCUT2D eigenvalue weighted by molar-refractivity contribution is 5.98. The van der Waals surface area contributed by atoms with Crippen molar-refractivity contribution in [1.82, 2.24) is 5.32 Å². The zero-order chi connectivity index (χ0) is 15.6. The molecule has 1 unspecified atom stereocenters. The summed E-state index contributed by atoms with van der Waals surface area (Å²) >= 11 is 0. The van der Waals surface area contributed by atoms with Crippen LogP contribution in [0.2, 0.25) is 0 Å². The standard InChI is InChI=1S/C18H18N2O2/c19-17(22)18(13-7-3-1-4-8-13,14-9-5-2-6-10-14)15-11-12-20-16(15)21/h1-10,15H,11-12H2,(H2,19,22)(H,20,21). The maximum Gasteiger partial charge on any atom is 0.233 e. The van der Waals surface area contributed by atoms with Crippen molar-refractivity contribution in [3.63, 3.8) is 0 Å². The average Bonchev–Trinajstić information content (AvgIpc) is 2.97. The lowest BCUT2D eigenvalue weighted by atomic mass is 9.64. The summed E-state index contributed by atoms with van der Waals surface area (Å²) < 4.78 is 0. The van der Waals surface area contributed by atoms with Gasteiger partial charge in [-0.2, -0.15) is 0 Å². The van der Waals surface area contributed by atoms with Gasteiger partial charge in [-0.15, -0.1) is 0 Å². The quantitative estimate of drug-likeness (QED) is 0.899. The molecular formula is C18H18N2O2. The lowest BCUT2D eigenvalue weighted by Crippen LogP contribution is -2.50. The van der Waals surface area contributed by atoms with Crippen molar-refractivity contribution in [1.29, 1.82) is 0 Å². The molecule has 1 saturated heterocycles. The molecule has 3 N–H and O–H groups in total. The van der Waals surface area contributed by atoms with Gasteiger partial charge in [0, 0.05) is 6.54 Å². The fourth-order valence-corrected chi connectivity index (χ4v) is 3.43. The maximum atomic E-state index is 12.6. The molecule has 0 aliphatic carbocycles. The Bertz CT molecular complexity index is 643. The summed E-state index contributed by atoms with van der Waals surface area (Å²) in [4.78, 5) is 25.0. The van der Waals surface area contributed by atoms with E-state index in [9.17, 15) is 9.59 Å². The van der Waals surface area contributed by atoms with E-state index in [1.54, 1.807) is 0 Å². The molecule has 1 fully saturated rings. The molecule has 0 aromatic heterocycles. The number of carbonyl (C=O) groups is 2. The van der Waals surface area contributed by atoms with Gasteiger partial charge in [0.05, 0.1) is 5.92 Å². The van der Waals surface area contributed by atoms with Gasteiger partial charge in [-0.3, -0.25) is 9.59 Å². The van der Waals surface area contributed by atoms with E-state index in [0.717, 1.165) is 11.1 Å². The van der Waals surface area contributed by atoms with Crippen LogP contribution in [0.5, 0.6) is 0 Å². The zero-order valence-corrected chi connectivity index (χ0v) is 12.2. The minimum Gasteiger partial charge on any atom is -0.369 e. The first-order chi connectivity index (χ1) is 10.7. The number of nitrogens with one attached hydrogen (secondary N) is 1. The van der Waals surface area contributed by atoms with Crippen LogP contribution in [-0.4, -0.2) is 18.4 Å². The van der Waals surface area contributed by atoms with Gasteiger partial charge in [-0.1, -0.05) is 60.7 Å². The average molecular weight is 294 g/mol. The summed E-state index contributed by atoms with van der Waals surface area (Å²) in [5, 5.41) is 2.82. The van der Waals surface area contributed by atoms with Gasteiger partial charge in [0.25, 0.3) is 0 Å². The third-order valence-corrected chi connectivity index (χ3v) is 4.42. The van der Waals surface area contributed by atoms with Crippen LogP contribution in [0.15, 0.2) is 60.7 Å². The summed E-state index contributed by atoms with van der Waals surface area (Å²) in [5.41, 5.74) is 6.24. The summed E-state index contributed by atoms with van der Waals surface area (Å²) in [7, 11) is 0. The molecule has 112 valence electrons. The number of nitrogens with two attached hydrogens (primary N) is 1. The molecule has 3 rings (SSSR count). The lowest BCUT2D eigenvalue weighted by Gasteiger charge is -2.36. The van der Waals surface area contributed by atoms with Crippen molar-refractivity contribution >= 4 is 11.8 Å². The highest BCUT2D eigenvalue weighted by Crippen LogP contribution is 2.42. The van der Waals surface area contributed by atoms with Crippen molar-refractivity contribution < 1.29 is 9.59 Å². The van der Waals surface area contributed by atoms with Crippen molar-refractivity contribution in [2.45, 2.75) is 11.8 Å². The van der Waals surface area contributed by atoms with Crippen molar-refractivity contribution in [2.75, 3.05) is 6.54 Å². The first-order valence-corrected chi connectivity index (χ1v) is 7.36. The van der Waals surface area contributed by atoms with E-state index in [4.69, 9.17) is 5.73 Å². The predicted molar refractivity (Wildman–Crippen MR) is 84.0 cm³/mol. The van der Waals surface area contributed by atoms with E-state index in [1.165, 1.54) is 0 Å². The summed E-state index contributed by atoms with van der Waals surface area (Å²) in [6, 6.07) is 18.7. The Hall–Kier alpha value is -2.62. The van der Waals surface area contributed by atoms with E-state index < -0.39 is 17.2 Å². The Labute approximate surface area is 129 Å². The molecule has 4 nitrogen and oxygen atoms in total. The van der Waals surface area contributed by atoms with E-state index in [-0.39, 0.29) is 5.91 Å². The molecule has 0 radical (unpaired) electrons. The summed E-state index contributed by atoms with van der Waals surface area (Å²) in [5.74, 6) is -1.10. The molecule has 1 aliphatic heterocycles. The molecule has 1 atom stereocenters. The van der Waals surface area contributed by atoms with Gasteiger partial charge < -0.3 is 11.1 Å². The second-order valence-corrected chi connectivity index (χ2v) is 5.54. The van der Waals surface area contributed by atoms with Crippen LogP contribution in [-0.2, 0) is 15.0 Å². The van der Waals surface area contributed by atoms with Crippen LogP contribution in [0.3, 0.4) is 0 Å². The van der Waals surface area contributed by atoms with Crippen LogP contribution >= 0.6 is 0 Å². The minimum absolute atomic E-state index is 0.119. The second-order valence-electron chi connectivity index (χ2n) is 5.54. The van der Waals surface area contributed by atoms with Gasteiger partial charge in [0.2, 0.25) is 11.8 Å². The van der Waals surface area contributed by atoms with Crippen LogP contribution < -0.4 is 11.1 Å². The summed E-state index contributed by atoms with van der Waals surface area (Å²) in [6.45, 7) is 0.568. The molecule has 2 aromatic rings. The van der Waals surface area contributed by atoms with E-state index in [2.05, 4.69) is 5.32 Å². The van der Waals surface area contributed by atoms with Crippen LogP contribution in [0.25, 0.3) is 0 Å². The number of primary amides is 1. The third-order valence-electron chi connectivity index (χ3n) is 4.42. The smallest absolute Gasteiger partial charge is 0.233 e. The number of benzene rings is 2. The predicted octanol–water partition coefficient (Wildman–Crippen LogP) is 1.59. The fourth-order valence-electron chi connectivity index (χ4n) is 3.43. The number of rotatable bonds is 4. The molecule has 2 amide bonds. The summed E-state index contributed by atoms with van der Waals surface area (Å²) in [6.07, 6.45) is 0.589. The maximum absolute atomic E-state index is 12.6. The molecule has 0 spiro atoms. The molecule has 22 heavy (non-hydrogen) atoms. The van der Waals surface area contributed by atoms with E-state index in [0.29, 0.717) is 13.0 Å². The number of hydrogen-bond donors (Lipinski definition) is 2. The van der Waals surface area contributed by atoms with E-state index >= 15 is 0 Å². The first kappa shape index (κ1) is 14.3. The fraction of sp³-hybridized carbons (Fsp3) is 0.222. The lowest BCUT2D eigenvalue weighted by molar-refractivity contribution is -0.131. The molecule has 4 heteroatoms. The Morgan fingerprint density at radius 3 is 1.86 bits per heavy atom. The minimum atomic E-state index is -1.14. The zero-order valence-electron chi connectivity index (χ0n) is 12.2. The van der Waals surface area contributed by atoms with Gasteiger partial charge in [-0.05, 0) is 17.5 Å². The molecule has 1 heterocycles. The van der Waals surface area contributed by atoms with Crippen molar-refractivity contribution in [2.24, 2.45) is 11.7 Å². The number of amides is 2.